The first-order valence-corrected chi connectivity index (χ1v) is 7.89. The van der Waals surface area contributed by atoms with E-state index in [9.17, 15) is 9.18 Å². The van der Waals surface area contributed by atoms with Crippen LogP contribution in [0.15, 0.2) is 22.7 Å². The molecule has 0 atom stereocenters. The molecule has 1 saturated heterocycles. The average molecular weight is 358 g/mol. The molecule has 0 aliphatic carbocycles. The Bertz CT molecular complexity index is 481. The molecule has 1 amide bonds. The second-order valence-corrected chi connectivity index (χ2v) is 6.43. The number of amides is 1. The van der Waals surface area contributed by atoms with Crippen molar-refractivity contribution in [1.29, 1.82) is 0 Å². The van der Waals surface area contributed by atoms with Crippen molar-refractivity contribution in [1.82, 2.24) is 9.80 Å². The summed E-state index contributed by atoms with van der Waals surface area (Å²) in [5.74, 6) is -0.118. The summed E-state index contributed by atoms with van der Waals surface area (Å²) in [7, 11) is 3.54. The third-order valence-corrected chi connectivity index (χ3v) is 4.42. The van der Waals surface area contributed by atoms with Crippen LogP contribution in [0.3, 0.4) is 0 Å². The zero-order valence-corrected chi connectivity index (χ0v) is 14.0. The number of likely N-dealkylation sites (N-methyl/N-ethyl adjacent to an activating group) is 1. The zero-order valence-electron chi connectivity index (χ0n) is 12.4. The van der Waals surface area contributed by atoms with E-state index in [-0.39, 0.29) is 17.8 Å². The van der Waals surface area contributed by atoms with Gasteiger partial charge in [0.05, 0.1) is 12.2 Å². The maximum Gasteiger partial charge on any atom is 0.236 e. The fourth-order valence-corrected chi connectivity index (χ4v) is 2.86. The van der Waals surface area contributed by atoms with E-state index in [0.29, 0.717) is 12.2 Å². The smallest absolute Gasteiger partial charge is 0.236 e. The van der Waals surface area contributed by atoms with Crippen molar-refractivity contribution in [3.05, 3.63) is 28.5 Å². The van der Waals surface area contributed by atoms with Crippen LogP contribution in [-0.4, -0.2) is 55.5 Å². The van der Waals surface area contributed by atoms with Gasteiger partial charge < -0.3 is 10.2 Å². The SMILES string of the molecule is CN(C)C(=O)CN1CCC(Nc2c(F)cccc2Br)CC1. The van der Waals surface area contributed by atoms with E-state index in [1.165, 1.54) is 6.07 Å². The highest BCUT2D eigenvalue weighted by Crippen LogP contribution is 2.27. The van der Waals surface area contributed by atoms with E-state index >= 15 is 0 Å². The quantitative estimate of drug-likeness (QED) is 0.899. The van der Waals surface area contributed by atoms with E-state index in [0.717, 1.165) is 30.4 Å². The summed E-state index contributed by atoms with van der Waals surface area (Å²) in [4.78, 5) is 15.4. The lowest BCUT2D eigenvalue weighted by molar-refractivity contribution is -0.130. The second kappa shape index (κ2) is 7.22. The van der Waals surface area contributed by atoms with Crippen LogP contribution in [0.5, 0.6) is 0 Å². The molecule has 0 saturated carbocycles. The molecule has 0 unspecified atom stereocenters. The van der Waals surface area contributed by atoms with Gasteiger partial charge in [0.25, 0.3) is 0 Å². The lowest BCUT2D eigenvalue weighted by Crippen LogP contribution is -2.44. The average Bonchev–Trinajstić information content (AvgIpc) is 2.44. The molecule has 1 aliphatic heterocycles. The van der Waals surface area contributed by atoms with Crippen LogP contribution in [0.1, 0.15) is 12.8 Å². The minimum atomic E-state index is -0.241. The predicted molar refractivity (Wildman–Crippen MR) is 85.9 cm³/mol. The van der Waals surface area contributed by atoms with Crippen molar-refractivity contribution in [3.8, 4) is 0 Å². The number of para-hydroxylation sites is 1. The molecule has 4 nitrogen and oxygen atoms in total. The highest BCUT2D eigenvalue weighted by atomic mass is 79.9. The molecule has 21 heavy (non-hydrogen) atoms. The molecule has 1 heterocycles. The molecule has 0 radical (unpaired) electrons. The van der Waals surface area contributed by atoms with Gasteiger partial charge in [-0.2, -0.15) is 0 Å². The van der Waals surface area contributed by atoms with Crippen molar-refractivity contribution in [2.45, 2.75) is 18.9 Å². The third kappa shape index (κ3) is 4.41. The fourth-order valence-electron chi connectivity index (χ4n) is 2.41. The second-order valence-electron chi connectivity index (χ2n) is 5.58. The van der Waals surface area contributed by atoms with Crippen LogP contribution >= 0.6 is 15.9 Å². The molecule has 1 N–H and O–H groups in total. The molecule has 2 rings (SSSR count). The maximum atomic E-state index is 13.8. The van der Waals surface area contributed by atoms with Gasteiger partial charge in [0, 0.05) is 37.7 Å². The Hall–Kier alpha value is -1.14. The summed E-state index contributed by atoms with van der Waals surface area (Å²) >= 11 is 3.37. The van der Waals surface area contributed by atoms with Crippen LogP contribution in [0.4, 0.5) is 10.1 Å². The molecular weight excluding hydrogens is 337 g/mol. The van der Waals surface area contributed by atoms with Crippen LogP contribution < -0.4 is 5.32 Å². The minimum Gasteiger partial charge on any atom is -0.379 e. The molecule has 0 spiro atoms. The number of rotatable bonds is 4. The number of hydrogen-bond acceptors (Lipinski definition) is 3. The number of halogens is 2. The molecule has 0 aromatic heterocycles. The first-order valence-electron chi connectivity index (χ1n) is 7.10. The van der Waals surface area contributed by atoms with E-state index in [2.05, 4.69) is 26.1 Å². The number of likely N-dealkylation sites (tertiary alicyclic amines) is 1. The number of nitrogens with one attached hydrogen (secondary N) is 1. The van der Waals surface area contributed by atoms with Crippen LogP contribution in [-0.2, 0) is 4.79 Å². The maximum absolute atomic E-state index is 13.8. The first-order chi connectivity index (χ1) is 9.97. The number of piperidine rings is 1. The summed E-state index contributed by atoms with van der Waals surface area (Å²) in [6, 6.07) is 5.21. The monoisotopic (exact) mass is 357 g/mol. The fraction of sp³-hybridized carbons (Fsp3) is 0.533. The number of hydrogen-bond donors (Lipinski definition) is 1. The molecule has 1 aromatic carbocycles. The van der Waals surface area contributed by atoms with Crippen molar-refractivity contribution in [2.24, 2.45) is 0 Å². The first kappa shape index (κ1) is 16.2. The van der Waals surface area contributed by atoms with Crippen LogP contribution in [0.25, 0.3) is 0 Å². The number of benzene rings is 1. The molecule has 1 fully saturated rings. The van der Waals surface area contributed by atoms with Gasteiger partial charge in [-0.05, 0) is 40.9 Å². The summed E-state index contributed by atoms with van der Waals surface area (Å²) in [5.41, 5.74) is 0.528. The topological polar surface area (TPSA) is 35.6 Å². The summed E-state index contributed by atoms with van der Waals surface area (Å²) in [6.07, 6.45) is 1.81. The van der Waals surface area contributed by atoms with Gasteiger partial charge in [0.1, 0.15) is 5.82 Å². The van der Waals surface area contributed by atoms with E-state index in [1.807, 2.05) is 6.07 Å². The third-order valence-electron chi connectivity index (χ3n) is 3.76. The van der Waals surface area contributed by atoms with Gasteiger partial charge >= 0.3 is 0 Å². The van der Waals surface area contributed by atoms with Gasteiger partial charge in [-0.3, -0.25) is 9.69 Å². The largest absolute Gasteiger partial charge is 0.379 e. The Morgan fingerprint density at radius 2 is 2.10 bits per heavy atom. The Kier molecular flexibility index (Phi) is 5.58. The van der Waals surface area contributed by atoms with Crippen LogP contribution in [0, 0.1) is 5.82 Å². The van der Waals surface area contributed by atoms with Gasteiger partial charge in [-0.25, -0.2) is 4.39 Å². The Labute approximate surface area is 133 Å². The van der Waals surface area contributed by atoms with E-state index < -0.39 is 0 Å². The lowest BCUT2D eigenvalue weighted by atomic mass is 10.0. The van der Waals surface area contributed by atoms with Crippen molar-refractivity contribution >= 4 is 27.5 Å². The molecule has 116 valence electrons. The van der Waals surface area contributed by atoms with E-state index in [4.69, 9.17) is 0 Å². The van der Waals surface area contributed by atoms with Crippen molar-refractivity contribution in [3.63, 3.8) is 0 Å². The molecule has 6 heteroatoms. The number of anilines is 1. The van der Waals surface area contributed by atoms with Gasteiger partial charge in [0.15, 0.2) is 0 Å². The number of nitrogens with zero attached hydrogens (tertiary/aromatic N) is 2. The van der Waals surface area contributed by atoms with Crippen molar-refractivity contribution < 1.29 is 9.18 Å². The highest BCUT2D eigenvalue weighted by Gasteiger charge is 2.22. The normalized spacial score (nSPS) is 16.8. The summed E-state index contributed by atoms with van der Waals surface area (Å²) in [5, 5.41) is 3.27. The molecule has 0 bridgehead atoms. The molecular formula is C15H21BrFN3O. The number of carbonyl (C=O) groups is 1. The summed E-state index contributed by atoms with van der Waals surface area (Å²) in [6.45, 7) is 2.16. The molecule has 1 aliphatic rings. The highest BCUT2D eigenvalue weighted by molar-refractivity contribution is 9.10. The van der Waals surface area contributed by atoms with Crippen molar-refractivity contribution in [2.75, 3.05) is 39.0 Å². The molecule has 1 aromatic rings. The minimum absolute atomic E-state index is 0.123. The summed E-state index contributed by atoms with van der Waals surface area (Å²) < 4.78 is 14.5. The van der Waals surface area contributed by atoms with E-state index in [1.54, 1.807) is 25.1 Å². The Balaban J connectivity index is 1.86. The Morgan fingerprint density at radius 1 is 1.43 bits per heavy atom. The standard InChI is InChI=1S/C15H21BrFN3O/c1-19(2)14(21)10-20-8-6-11(7-9-20)18-15-12(16)4-3-5-13(15)17/h3-5,11,18H,6-10H2,1-2H3. The Morgan fingerprint density at radius 3 is 2.67 bits per heavy atom. The zero-order chi connectivity index (χ0) is 15.4. The lowest BCUT2D eigenvalue weighted by Gasteiger charge is -2.33. The predicted octanol–water partition coefficient (Wildman–Crippen LogP) is 2.55. The van der Waals surface area contributed by atoms with Crippen LogP contribution in [0.2, 0.25) is 0 Å². The van der Waals surface area contributed by atoms with Gasteiger partial charge in [-0.15, -0.1) is 0 Å². The van der Waals surface area contributed by atoms with Gasteiger partial charge in [-0.1, -0.05) is 6.07 Å². The van der Waals surface area contributed by atoms with Gasteiger partial charge in [0.2, 0.25) is 5.91 Å². The number of carbonyl (C=O) groups excluding carboxylic acids is 1.